The topological polar surface area (TPSA) is 12.5 Å². The zero-order valence-corrected chi connectivity index (χ0v) is 15.4. The van der Waals surface area contributed by atoms with E-state index in [4.69, 9.17) is 4.84 Å². The summed E-state index contributed by atoms with van der Waals surface area (Å²) >= 11 is 0. The van der Waals surface area contributed by atoms with E-state index in [1.165, 1.54) is 77.0 Å². The Morgan fingerprint density at radius 3 is 2.13 bits per heavy atom. The first-order chi connectivity index (χ1) is 11.2. The quantitative estimate of drug-likeness (QED) is 0.569. The van der Waals surface area contributed by atoms with Crippen molar-refractivity contribution in [1.29, 1.82) is 0 Å². The van der Waals surface area contributed by atoms with E-state index in [0.29, 0.717) is 11.6 Å². The fraction of sp³-hybridized carbons (Fsp3) is 1.00. The predicted octanol–water partition coefficient (Wildman–Crippen LogP) is 5.57. The van der Waals surface area contributed by atoms with Gasteiger partial charge in [-0.2, -0.15) is 5.06 Å². The van der Waals surface area contributed by atoms with Crippen LogP contribution < -0.4 is 0 Å². The van der Waals surface area contributed by atoms with Crippen LogP contribution in [-0.4, -0.2) is 23.8 Å². The van der Waals surface area contributed by atoms with E-state index in [9.17, 15) is 0 Å². The Labute approximate surface area is 143 Å². The smallest absolute Gasteiger partial charge is 0.0812 e. The number of unbranched alkanes of at least 4 members (excludes halogenated alkanes) is 5. The molecule has 4 aliphatic carbocycles. The molecule has 0 aromatic carbocycles. The van der Waals surface area contributed by atoms with Crippen molar-refractivity contribution in [2.75, 3.05) is 7.05 Å². The molecule has 0 N–H and O–H groups in total. The van der Waals surface area contributed by atoms with E-state index < -0.39 is 0 Å². The highest BCUT2D eigenvalue weighted by Gasteiger charge is 2.62. The highest BCUT2D eigenvalue weighted by Crippen LogP contribution is 2.63. The summed E-state index contributed by atoms with van der Waals surface area (Å²) in [5, 5.41) is 2.38. The van der Waals surface area contributed by atoms with Crippen LogP contribution in [0.3, 0.4) is 0 Å². The van der Waals surface area contributed by atoms with E-state index in [1.807, 2.05) is 0 Å². The lowest BCUT2D eigenvalue weighted by Crippen LogP contribution is -2.62. The molecule has 4 saturated carbocycles. The lowest BCUT2D eigenvalue weighted by molar-refractivity contribution is -0.228. The van der Waals surface area contributed by atoms with Gasteiger partial charge < -0.3 is 0 Å². The van der Waals surface area contributed by atoms with Crippen molar-refractivity contribution in [2.45, 2.75) is 102 Å². The van der Waals surface area contributed by atoms with Gasteiger partial charge >= 0.3 is 0 Å². The van der Waals surface area contributed by atoms with Crippen molar-refractivity contribution in [3.05, 3.63) is 0 Å². The molecule has 4 bridgehead atoms. The molecule has 0 amide bonds. The van der Waals surface area contributed by atoms with E-state index in [-0.39, 0.29) is 0 Å². The van der Waals surface area contributed by atoms with Gasteiger partial charge in [0.2, 0.25) is 0 Å². The molecule has 0 aromatic heterocycles. The third-order valence-electron chi connectivity index (χ3n) is 7.88. The SMILES string of the molecule is CCCCCCCCC1CC2(C3CC4CC(C3)CC2C4)N(C)O1. The fourth-order valence-corrected chi connectivity index (χ4v) is 7.01. The van der Waals surface area contributed by atoms with Crippen LogP contribution >= 0.6 is 0 Å². The van der Waals surface area contributed by atoms with Gasteiger partial charge in [0.15, 0.2) is 0 Å². The number of hydrogen-bond acceptors (Lipinski definition) is 2. The van der Waals surface area contributed by atoms with Crippen LogP contribution in [0.15, 0.2) is 0 Å². The first-order valence-corrected chi connectivity index (χ1v) is 10.6. The van der Waals surface area contributed by atoms with Crippen LogP contribution in [0.25, 0.3) is 0 Å². The Kier molecular flexibility index (Phi) is 4.75. The molecule has 1 aliphatic heterocycles. The molecule has 1 saturated heterocycles. The second-order valence-corrected chi connectivity index (χ2v) is 9.28. The summed E-state index contributed by atoms with van der Waals surface area (Å²) < 4.78 is 0. The number of nitrogens with zero attached hydrogens (tertiary/aromatic N) is 1. The van der Waals surface area contributed by atoms with Crippen molar-refractivity contribution in [3.63, 3.8) is 0 Å². The molecule has 5 fully saturated rings. The molecular weight excluding hydrogens is 282 g/mol. The lowest BCUT2D eigenvalue weighted by Gasteiger charge is -2.61. The first-order valence-electron chi connectivity index (χ1n) is 10.6. The number of rotatable bonds is 7. The summed E-state index contributed by atoms with van der Waals surface area (Å²) in [4.78, 5) is 6.40. The van der Waals surface area contributed by atoms with Gasteiger partial charge in [0, 0.05) is 7.05 Å². The van der Waals surface area contributed by atoms with Gasteiger partial charge in [-0.05, 0) is 68.6 Å². The summed E-state index contributed by atoms with van der Waals surface area (Å²) in [6.07, 6.45) is 19.1. The molecule has 1 heterocycles. The maximum atomic E-state index is 6.40. The molecule has 23 heavy (non-hydrogen) atoms. The van der Waals surface area contributed by atoms with Crippen LogP contribution in [-0.2, 0) is 4.84 Å². The molecule has 1 atom stereocenters. The number of hydroxylamine groups is 2. The molecule has 5 aliphatic rings. The molecule has 1 spiro atoms. The maximum absolute atomic E-state index is 6.40. The predicted molar refractivity (Wildman–Crippen MR) is 95.0 cm³/mol. The van der Waals surface area contributed by atoms with Gasteiger partial charge in [-0.25, -0.2) is 0 Å². The second kappa shape index (κ2) is 6.67. The zero-order valence-electron chi connectivity index (χ0n) is 15.4. The third-order valence-corrected chi connectivity index (χ3v) is 7.88. The Hall–Kier alpha value is -0.0800. The summed E-state index contributed by atoms with van der Waals surface area (Å²) in [5.41, 5.74) is 0.431. The van der Waals surface area contributed by atoms with E-state index in [0.717, 1.165) is 23.7 Å². The van der Waals surface area contributed by atoms with Crippen molar-refractivity contribution in [2.24, 2.45) is 23.7 Å². The Morgan fingerprint density at radius 2 is 1.48 bits per heavy atom. The van der Waals surface area contributed by atoms with Gasteiger partial charge in [0.25, 0.3) is 0 Å². The van der Waals surface area contributed by atoms with Crippen molar-refractivity contribution in [3.8, 4) is 0 Å². The molecule has 0 radical (unpaired) electrons. The fourth-order valence-electron chi connectivity index (χ4n) is 7.01. The lowest BCUT2D eigenvalue weighted by atomic mass is 9.47. The standard InChI is InChI=1S/C21H37NO/c1-3-4-5-6-7-8-9-20-15-21(22(2)23-20)18-11-16-10-17(13-18)14-19(21)12-16/h16-20H,3-15H2,1-2H3. The normalized spacial score (nSPS) is 45.4. The Balaban J connectivity index is 1.31. The number of hydrogen-bond donors (Lipinski definition) is 0. The first kappa shape index (κ1) is 16.4. The van der Waals surface area contributed by atoms with E-state index in [2.05, 4.69) is 19.0 Å². The summed E-state index contributed by atoms with van der Waals surface area (Å²) in [6.45, 7) is 2.30. The zero-order chi connectivity index (χ0) is 15.9. The molecule has 0 aromatic rings. The molecule has 2 heteroatoms. The largest absolute Gasteiger partial charge is 0.295 e. The average Bonchev–Trinajstić information content (AvgIpc) is 2.85. The summed E-state index contributed by atoms with van der Waals surface area (Å²) in [7, 11) is 2.27. The molecule has 2 nitrogen and oxygen atoms in total. The Morgan fingerprint density at radius 1 is 0.870 bits per heavy atom. The van der Waals surface area contributed by atoms with Crippen LogP contribution in [0.5, 0.6) is 0 Å². The Bertz CT molecular complexity index is 379. The van der Waals surface area contributed by atoms with Gasteiger partial charge in [-0.3, -0.25) is 4.84 Å². The minimum absolute atomic E-state index is 0.431. The van der Waals surface area contributed by atoms with Gasteiger partial charge in [0.1, 0.15) is 0 Å². The van der Waals surface area contributed by atoms with Gasteiger partial charge in [0.05, 0.1) is 11.6 Å². The van der Waals surface area contributed by atoms with Crippen molar-refractivity contribution < 1.29 is 4.84 Å². The van der Waals surface area contributed by atoms with E-state index in [1.54, 1.807) is 6.42 Å². The molecule has 5 rings (SSSR count). The average molecular weight is 320 g/mol. The van der Waals surface area contributed by atoms with E-state index >= 15 is 0 Å². The van der Waals surface area contributed by atoms with Gasteiger partial charge in [-0.15, -0.1) is 0 Å². The van der Waals surface area contributed by atoms with Crippen LogP contribution in [0.4, 0.5) is 0 Å². The van der Waals surface area contributed by atoms with Crippen LogP contribution in [0, 0.1) is 23.7 Å². The maximum Gasteiger partial charge on any atom is 0.0812 e. The van der Waals surface area contributed by atoms with Crippen LogP contribution in [0.1, 0.15) is 90.4 Å². The highest BCUT2D eigenvalue weighted by atomic mass is 16.7. The minimum Gasteiger partial charge on any atom is -0.295 e. The van der Waals surface area contributed by atoms with Crippen LogP contribution in [0.2, 0.25) is 0 Å². The summed E-state index contributed by atoms with van der Waals surface area (Å²) in [6, 6.07) is 0. The molecular formula is C21H37NO. The molecule has 132 valence electrons. The van der Waals surface area contributed by atoms with Crippen molar-refractivity contribution in [1.82, 2.24) is 5.06 Å². The minimum atomic E-state index is 0.431. The van der Waals surface area contributed by atoms with Crippen molar-refractivity contribution >= 4 is 0 Å². The monoisotopic (exact) mass is 319 g/mol. The van der Waals surface area contributed by atoms with Gasteiger partial charge in [-0.1, -0.05) is 45.4 Å². The molecule has 1 unspecified atom stereocenters. The third kappa shape index (κ3) is 2.88. The second-order valence-electron chi connectivity index (χ2n) is 9.28. The summed E-state index contributed by atoms with van der Waals surface area (Å²) in [5.74, 6) is 4.01. The highest BCUT2D eigenvalue weighted by molar-refractivity contribution is 5.12.